The molecule has 2 rings (SSSR count). The molecule has 1 heterocycles. The molecule has 1 aromatic heterocycles. The lowest BCUT2D eigenvalue weighted by Crippen LogP contribution is -1.96. The largest absolute Gasteiger partial charge is 0.338 e. The van der Waals surface area contributed by atoms with Gasteiger partial charge >= 0.3 is 0 Å². The summed E-state index contributed by atoms with van der Waals surface area (Å²) in [5.41, 5.74) is 0.620. The van der Waals surface area contributed by atoms with Crippen molar-refractivity contribution in [2.75, 3.05) is 0 Å². The quantitative estimate of drug-likeness (QED) is 0.860. The van der Waals surface area contributed by atoms with Crippen molar-refractivity contribution in [2.24, 2.45) is 0 Å². The number of ketones is 1. The second kappa shape index (κ2) is 4.85. The number of benzene rings is 1. The van der Waals surface area contributed by atoms with Gasteiger partial charge in [-0.25, -0.2) is 0 Å². The lowest BCUT2D eigenvalue weighted by Gasteiger charge is -1.98. The Balaban J connectivity index is 2.33. The Labute approximate surface area is 108 Å². The monoisotopic (exact) mass is 270 g/mol. The van der Waals surface area contributed by atoms with Crippen molar-refractivity contribution >= 4 is 29.0 Å². The van der Waals surface area contributed by atoms with Crippen LogP contribution in [0.25, 0.3) is 11.4 Å². The molecule has 4 nitrogen and oxygen atoms in total. The molecular formula is C11H8Cl2N2O2. The summed E-state index contributed by atoms with van der Waals surface area (Å²) in [6.45, 7) is 1.46. The third kappa shape index (κ3) is 2.84. The fraction of sp³-hybridized carbons (Fsp3) is 0.182. The minimum Gasteiger partial charge on any atom is -0.338 e. The van der Waals surface area contributed by atoms with Crippen LogP contribution in [-0.2, 0) is 11.2 Å². The standard InChI is InChI=1S/C11H8Cl2N2O2/c1-6(16)4-10-14-11(15-17-10)8-3-2-7(12)5-9(8)13/h2-3,5H,4H2,1H3. The van der Waals surface area contributed by atoms with E-state index in [9.17, 15) is 4.79 Å². The zero-order chi connectivity index (χ0) is 12.4. The maximum absolute atomic E-state index is 10.9. The summed E-state index contributed by atoms with van der Waals surface area (Å²) in [7, 11) is 0. The average molecular weight is 271 g/mol. The fourth-order valence-electron chi connectivity index (χ4n) is 1.32. The minimum atomic E-state index is -0.0394. The van der Waals surface area contributed by atoms with Gasteiger partial charge in [0.25, 0.3) is 0 Å². The molecule has 0 saturated carbocycles. The van der Waals surface area contributed by atoms with E-state index in [1.54, 1.807) is 18.2 Å². The number of aromatic nitrogens is 2. The van der Waals surface area contributed by atoms with E-state index in [1.807, 2.05) is 0 Å². The molecule has 0 bridgehead atoms. The topological polar surface area (TPSA) is 56.0 Å². The number of halogens is 2. The predicted octanol–water partition coefficient (Wildman–Crippen LogP) is 3.17. The summed E-state index contributed by atoms with van der Waals surface area (Å²) < 4.78 is 4.94. The van der Waals surface area contributed by atoms with Gasteiger partial charge in [-0.3, -0.25) is 4.79 Å². The molecule has 17 heavy (non-hydrogen) atoms. The van der Waals surface area contributed by atoms with Crippen LogP contribution in [0.3, 0.4) is 0 Å². The highest BCUT2D eigenvalue weighted by Gasteiger charge is 2.13. The van der Waals surface area contributed by atoms with Crippen LogP contribution < -0.4 is 0 Å². The summed E-state index contributed by atoms with van der Waals surface area (Å²) in [6.07, 6.45) is 0.123. The van der Waals surface area contributed by atoms with Crippen molar-refractivity contribution in [1.82, 2.24) is 10.1 Å². The third-order valence-electron chi connectivity index (χ3n) is 2.04. The van der Waals surface area contributed by atoms with E-state index in [0.29, 0.717) is 21.4 Å². The lowest BCUT2D eigenvalue weighted by molar-refractivity contribution is -0.116. The molecule has 0 saturated heterocycles. The number of rotatable bonds is 3. The van der Waals surface area contributed by atoms with Gasteiger partial charge in [0.05, 0.1) is 11.4 Å². The zero-order valence-corrected chi connectivity index (χ0v) is 10.4. The van der Waals surface area contributed by atoms with Gasteiger partial charge in [0.2, 0.25) is 11.7 Å². The van der Waals surface area contributed by atoms with Crippen LogP contribution in [0.15, 0.2) is 22.7 Å². The van der Waals surface area contributed by atoms with Gasteiger partial charge in [-0.1, -0.05) is 28.4 Å². The molecule has 0 spiro atoms. The van der Waals surface area contributed by atoms with Gasteiger partial charge in [-0.15, -0.1) is 0 Å². The average Bonchev–Trinajstić information content (AvgIpc) is 2.65. The van der Waals surface area contributed by atoms with Crippen molar-refractivity contribution in [3.8, 4) is 11.4 Å². The van der Waals surface area contributed by atoms with Crippen LogP contribution in [0.5, 0.6) is 0 Å². The van der Waals surface area contributed by atoms with Crippen LogP contribution in [-0.4, -0.2) is 15.9 Å². The van der Waals surface area contributed by atoms with Crippen LogP contribution in [0.1, 0.15) is 12.8 Å². The number of hydrogen-bond donors (Lipinski definition) is 0. The van der Waals surface area contributed by atoms with Gasteiger partial charge in [-0.2, -0.15) is 4.98 Å². The Kier molecular flexibility index (Phi) is 3.45. The SMILES string of the molecule is CC(=O)Cc1nc(-c2ccc(Cl)cc2Cl)no1. The fourth-order valence-corrected chi connectivity index (χ4v) is 1.81. The molecule has 0 aliphatic rings. The van der Waals surface area contributed by atoms with Crippen molar-refractivity contribution in [3.63, 3.8) is 0 Å². The highest BCUT2D eigenvalue weighted by molar-refractivity contribution is 6.36. The van der Waals surface area contributed by atoms with Crippen LogP contribution in [0.2, 0.25) is 10.0 Å². The lowest BCUT2D eigenvalue weighted by atomic mass is 10.2. The first-order valence-corrected chi connectivity index (χ1v) is 5.59. The molecule has 0 aliphatic heterocycles. The van der Waals surface area contributed by atoms with E-state index < -0.39 is 0 Å². The van der Waals surface area contributed by atoms with Crippen LogP contribution in [0.4, 0.5) is 0 Å². The highest BCUT2D eigenvalue weighted by Crippen LogP contribution is 2.28. The summed E-state index contributed by atoms with van der Waals surface area (Å²) in [5.74, 6) is 0.587. The van der Waals surface area contributed by atoms with E-state index in [2.05, 4.69) is 10.1 Å². The molecule has 0 amide bonds. The van der Waals surface area contributed by atoms with Gasteiger partial charge in [-0.05, 0) is 25.1 Å². The summed E-state index contributed by atoms with van der Waals surface area (Å²) >= 11 is 11.8. The molecule has 1 aromatic carbocycles. The number of hydrogen-bond acceptors (Lipinski definition) is 4. The molecule has 0 atom stereocenters. The van der Waals surface area contributed by atoms with Gasteiger partial charge < -0.3 is 4.52 Å². The molecular weight excluding hydrogens is 263 g/mol. The molecule has 88 valence electrons. The van der Waals surface area contributed by atoms with E-state index in [1.165, 1.54) is 6.92 Å². The van der Waals surface area contributed by atoms with Crippen molar-refractivity contribution in [3.05, 3.63) is 34.1 Å². The Morgan fingerprint density at radius 2 is 2.18 bits per heavy atom. The smallest absolute Gasteiger partial charge is 0.234 e. The maximum Gasteiger partial charge on any atom is 0.234 e. The van der Waals surface area contributed by atoms with Crippen molar-refractivity contribution in [2.45, 2.75) is 13.3 Å². The zero-order valence-electron chi connectivity index (χ0n) is 8.91. The van der Waals surface area contributed by atoms with Crippen molar-refractivity contribution in [1.29, 1.82) is 0 Å². The normalized spacial score (nSPS) is 10.5. The number of carbonyl (C=O) groups excluding carboxylic acids is 1. The molecule has 6 heteroatoms. The first-order chi connectivity index (χ1) is 8.06. The summed E-state index contributed by atoms with van der Waals surface area (Å²) in [5, 5.41) is 4.74. The minimum absolute atomic E-state index is 0.0394. The molecule has 0 unspecified atom stereocenters. The van der Waals surface area contributed by atoms with Crippen molar-refractivity contribution < 1.29 is 9.32 Å². The van der Waals surface area contributed by atoms with Gasteiger partial charge in [0.1, 0.15) is 5.78 Å². The number of carbonyl (C=O) groups is 1. The molecule has 0 aliphatic carbocycles. The van der Waals surface area contributed by atoms with Gasteiger partial charge in [0.15, 0.2) is 0 Å². The molecule has 0 fully saturated rings. The van der Waals surface area contributed by atoms with Crippen LogP contribution in [0, 0.1) is 0 Å². The summed E-state index contributed by atoms with van der Waals surface area (Å²) in [4.78, 5) is 15.0. The Morgan fingerprint density at radius 3 is 2.82 bits per heavy atom. The van der Waals surface area contributed by atoms with Gasteiger partial charge in [0, 0.05) is 10.6 Å². The highest BCUT2D eigenvalue weighted by atomic mass is 35.5. The first kappa shape index (κ1) is 12.1. The maximum atomic E-state index is 10.9. The Bertz CT molecular complexity index is 566. The second-order valence-electron chi connectivity index (χ2n) is 3.51. The molecule has 2 aromatic rings. The number of nitrogens with zero attached hydrogens (tertiary/aromatic N) is 2. The van der Waals surface area contributed by atoms with E-state index in [-0.39, 0.29) is 18.1 Å². The second-order valence-corrected chi connectivity index (χ2v) is 4.36. The third-order valence-corrected chi connectivity index (χ3v) is 2.59. The number of Topliss-reactive ketones (excluding diaryl/α,β-unsaturated/α-hetero) is 1. The first-order valence-electron chi connectivity index (χ1n) is 4.83. The van der Waals surface area contributed by atoms with E-state index >= 15 is 0 Å². The van der Waals surface area contributed by atoms with E-state index in [0.717, 1.165) is 0 Å². The predicted molar refractivity (Wildman–Crippen MR) is 64.1 cm³/mol. The Morgan fingerprint density at radius 1 is 1.41 bits per heavy atom. The Hall–Kier alpha value is -1.39. The summed E-state index contributed by atoms with van der Waals surface area (Å²) in [6, 6.07) is 4.98. The van der Waals surface area contributed by atoms with E-state index in [4.69, 9.17) is 27.7 Å². The van der Waals surface area contributed by atoms with Crippen LogP contribution >= 0.6 is 23.2 Å². The molecule has 0 N–H and O–H groups in total. The molecule has 0 radical (unpaired) electrons.